The molecule has 0 saturated heterocycles. The van der Waals surface area contributed by atoms with Crippen LogP contribution in [0.15, 0.2) is 102 Å². The molecule has 1 amide bonds. The highest BCUT2D eigenvalue weighted by Crippen LogP contribution is 2.28. The van der Waals surface area contributed by atoms with Crippen molar-refractivity contribution in [2.24, 2.45) is 0 Å². The maximum Gasteiger partial charge on any atom is 0.262 e. The first kappa shape index (κ1) is 23.8. The zero-order valence-electron chi connectivity index (χ0n) is 19.2. The normalized spacial score (nSPS) is 10.9. The van der Waals surface area contributed by atoms with Crippen molar-refractivity contribution in [2.75, 3.05) is 17.1 Å². The van der Waals surface area contributed by atoms with E-state index in [4.69, 9.17) is 9.47 Å². The number of methoxy groups -OCH3 is 1. The number of hydrogen-bond donors (Lipinski definition) is 2. The fourth-order valence-corrected chi connectivity index (χ4v) is 4.74. The SMILES string of the molecule is COc1ccccc1NS(=O)(=O)c1cc(NC(=O)c2ccc(Oc3ccccc3)cc2)ccc1C. The Kier molecular flexibility index (Phi) is 7.03. The Morgan fingerprint density at radius 3 is 2.17 bits per heavy atom. The number of rotatable bonds is 8. The van der Waals surface area contributed by atoms with Crippen LogP contribution in [0.25, 0.3) is 0 Å². The maximum atomic E-state index is 13.1. The zero-order valence-corrected chi connectivity index (χ0v) is 20.0. The number of carbonyl (C=O) groups is 1. The fourth-order valence-electron chi connectivity index (χ4n) is 3.40. The lowest BCUT2D eigenvalue weighted by Crippen LogP contribution is -2.16. The predicted molar refractivity (Wildman–Crippen MR) is 136 cm³/mol. The highest BCUT2D eigenvalue weighted by molar-refractivity contribution is 7.92. The van der Waals surface area contributed by atoms with Crippen molar-refractivity contribution in [1.29, 1.82) is 0 Å². The molecule has 4 aromatic carbocycles. The quantitative estimate of drug-likeness (QED) is 0.325. The van der Waals surface area contributed by atoms with Gasteiger partial charge in [0.1, 0.15) is 17.2 Å². The fraction of sp³-hybridized carbons (Fsp3) is 0.0741. The van der Waals surface area contributed by atoms with E-state index in [1.807, 2.05) is 30.3 Å². The van der Waals surface area contributed by atoms with Gasteiger partial charge < -0.3 is 14.8 Å². The van der Waals surface area contributed by atoms with E-state index in [0.29, 0.717) is 39.8 Å². The van der Waals surface area contributed by atoms with Crippen molar-refractivity contribution in [1.82, 2.24) is 0 Å². The number of para-hydroxylation sites is 3. The molecule has 0 aliphatic heterocycles. The van der Waals surface area contributed by atoms with E-state index in [1.54, 1.807) is 67.6 Å². The molecule has 0 bridgehead atoms. The van der Waals surface area contributed by atoms with Gasteiger partial charge in [0.05, 0.1) is 17.7 Å². The Morgan fingerprint density at radius 1 is 0.800 bits per heavy atom. The minimum atomic E-state index is -3.93. The number of carbonyl (C=O) groups excluding carboxylic acids is 1. The molecule has 4 aromatic rings. The van der Waals surface area contributed by atoms with Crippen LogP contribution in [0.1, 0.15) is 15.9 Å². The Morgan fingerprint density at radius 2 is 1.46 bits per heavy atom. The van der Waals surface area contributed by atoms with Gasteiger partial charge in [-0.05, 0) is 73.2 Å². The molecular weight excluding hydrogens is 464 g/mol. The summed E-state index contributed by atoms with van der Waals surface area (Å²) in [5.74, 6) is 1.32. The molecule has 0 saturated carbocycles. The zero-order chi connectivity index (χ0) is 24.8. The molecule has 0 aromatic heterocycles. The molecule has 35 heavy (non-hydrogen) atoms. The van der Waals surface area contributed by atoms with Gasteiger partial charge in [0.25, 0.3) is 15.9 Å². The first-order valence-electron chi connectivity index (χ1n) is 10.8. The van der Waals surface area contributed by atoms with E-state index in [9.17, 15) is 13.2 Å². The molecular formula is C27H24N2O5S. The number of anilines is 2. The average molecular weight is 489 g/mol. The summed E-state index contributed by atoms with van der Waals surface area (Å²) >= 11 is 0. The van der Waals surface area contributed by atoms with Crippen molar-refractivity contribution >= 4 is 27.3 Å². The standard InChI is InChI=1S/C27H24N2O5S/c1-19-12-15-21(18-26(19)35(31,32)29-24-10-6-7-11-25(24)33-2)28-27(30)20-13-16-23(17-14-20)34-22-8-4-3-5-9-22/h3-18,29H,1-2H3,(H,28,30). The van der Waals surface area contributed by atoms with Gasteiger partial charge in [0, 0.05) is 11.3 Å². The molecule has 2 N–H and O–H groups in total. The number of aryl methyl sites for hydroxylation is 1. The molecule has 7 nitrogen and oxygen atoms in total. The molecule has 4 rings (SSSR count). The molecule has 178 valence electrons. The van der Waals surface area contributed by atoms with Gasteiger partial charge in [-0.15, -0.1) is 0 Å². The Balaban J connectivity index is 1.50. The Bertz CT molecular complexity index is 1440. The van der Waals surface area contributed by atoms with Crippen LogP contribution in [0.4, 0.5) is 11.4 Å². The minimum Gasteiger partial charge on any atom is -0.495 e. The molecule has 8 heteroatoms. The van der Waals surface area contributed by atoms with Crippen molar-refractivity contribution < 1.29 is 22.7 Å². The Labute approximate surface area is 204 Å². The molecule has 0 atom stereocenters. The second kappa shape index (κ2) is 10.3. The van der Waals surface area contributed by atoms with E-state index in [0.717, 1.165) is 0 Å². The average Bonchev–Trinajstić information content (AvgIpc) is 2.86. The van der Waals surface area contributed by atoms with Crippen LogP contribution in [-0.2, 0) is 10.0 Å². The lowest BCUT2D eigenvalue weighted by Gasteiger charge is -2.14. The van der Waals surface area contributed by atoms with Crippen molar-refractivity contribution in [3.8, 4) is 17.2 Å². The summed E-state index contributed by atoms with van der Waals surface area (Å²) < 4.78 is 39.7. The Hall–Kier alpha value is -4.30. The minimum absolute atomic E-state index is 0.0489. The third kappa shape index (κ3) is 5.80. The molecule has 0 aliphatic rings. The summed E-state index contributed by atoms with van der Waals surface area (Å²) in [6.07, 6.45) is 0. The van der Waals surface area contributed by atoms with Crippen LogP contribution in [0.3, 0.4) is 0 Å². The highest BCUT2D eigenvalue weighted by Gasteiger charge is 2.20. The number of benzene rings is 4. The molecule has 0 radical (unpaired) electrons. The summed E-state index contributed by atoms with van der Waals surface area (Å²) in [5, 5.41) is 2.76. The molecule has 0 aliphatic carbocycles. The highest BCUT2D eigenvalue weighted by atomic mass is 32.2. The van der Waals surface area contributed by atoms with Gasteiger partial charge in [-0.2, -0.15) is 0 Å². The predicted octanol–water partition coefficient (Wildman–Crippen LogP) is 5.85. The van der Waals surface area contributed by atoms with Crippen molar-refractivity contribution in [3.05, 3.63) is 108 Å². The van der Waals surface area contributed by atoms with Gasteiger partial charge in [0.15, 0.2) is 0 Å². The van der Waals surface area contributed by atoms with E-state index in [2.05, 4.69) is 10.0 Å². The van der Waals surface area contributed by atoms with Crippen molar-refractivity contribution in [3.63, 3.8) is 0 Å². The van der Waals surface area contributed by atoms with Crippen LogP contribution < -0.4 is 19.5 Å². The van der Waals surface area contributed by atoms with Crippen LogP contribution in [-0.4, -0.2) is 21.4 Å². The van der Waals surface area contributed by atoms with E-state index in [-0.39, 0.29) is 10.8 Å². The van der Waals surface area contributed by atoms with E-state index < -0.39 is 10.0 Å². The monoisotopic (exact) mass is 488 g/mol. The molecule has 0 fully saturated rings. The van der Waals surface area contributed by atoms with Crippen LogP contribution in [0.2, 0.25) is 0 Å². The van der Waals surface area contributed by atoms with Gasteiger partial charge in [-0.3, -0.25) is 9.52 Å². The van der Waals surface area contributed by atoms with Crippen LogP contribution in [0.5, 0.6) is 17.2 Å². The van der Waals surface area contributed by atoms with Gasteiger partial charge in [-0.25, -0.2) is 8.42 Å². The van der Waals surface area contributed by atoms with Gasteiger partial charge in [-0.1, -0.05) is 36.4 Å². The van der Waals surface area contributed by atoms with Crippen LogP contribution >= 0.6 is 0 Å². The number of ether oxygens (including phenoxy) is 2. The molecule has 0 spiro atoms. The lowest BCUT2D eigenvalue weighted by atomic mass is 10.2. The second-order valence-electron chi connectivity index (χ2n) is 7.68. The number of amides is 1. The van der Waals surface area contributed by atoms with E-state index >= 15 is 0 Å². The maximum absolute atomic E-state index is 13.1. The summed E-state index contributed by atoms with van der Waals surface area (Å²) in [6.45, 7) is 1.69. The molecule has 0 unspecified atom stereocenters. The van der Waals surface area contributed by atoms with Crippen molar-refractivity contribution in [2.45, 2.75) is 11.8 Å². The summed E-state index contributed by atoms with van der Waals surface area (Å²) in [7, 11) is -2.47. The summed E-state index contributed by atoms with van der Waals surface area (Å²) in [6, 6.07) is 27.5. The largest absolute Gasteiger partial charge is 0.495 e. The first-order valence-corrected chi connectivity index (χ1v) is 12.2. The van der Waals surface area contributed by atoms with Gasteiger partial charge >= 0.3 is 0 Å². The third-order valence-electron chi connectivity index (χ3n) is 5.18. The van der Waals surface area contributed by atoms with E-state index in [1.165, 1.54) is 13.2 Å². The first-order chi connectivity index (χ1) is 16.9. The van der Waals surface area contributed by atoms with Gasteiger partial charge in [0.2, 0.25) is 0 Å². The second-order valence-corrected chi connectivity index (χ2v) is 9.33. The summed E-state index contributed by atoms with van der Waals surface area (Å²) in [5.41, 5.74) is 1.61. The number of sulfonamides is 1. The molecule has 0 heterocycles. The lowest BCUT2D eigenvalue weighted by molar-refractivity contribution is 0.102. The summed E-state index contributed by atoms with van der Waals surface area (Å²) in [4.78, 5) is 12.8. The number of nitrogens with one attached hydrogen (secondary N) is 2. The smallest absolute Gasteiger partial charge is 0.262 e. The van der Waals surface area contributed by atoms with Crippen LogP contribution in [0, 0.1) is 6.92 Å². The topological polar surface area (TPSA) is 93.7 Å². The number of hydrogen-bond acceptors (Lipinski definition) is 5. The third-order valence-corrected chi connectivity index (χ3v) is 6.69.